The van der Waals surface area contributed by atoms with E-state index in [1.165, 1.54) is 0 Å². The van der Waals surface area contributed by atoms with E-state index in [0.29, 0.717) is 41.3 Å². The molecular formula is C18H16ClN3O3. The molecule has 1 aliphatic heterocycles. The fourth-order valence-corrected chi connectivity index (χ4v) is 3.19. The second-order valence-corrected chi connectivity index (χ2v) is 6.44. The molecule has 0 radical (unpaired) electrons. The lowest BCUT2D eigenvalue weighted by molar-refractivity contribution is -0.0228. The molecule has 0 aliphatic carbocycles. The highest BCUT2D eigenvalue weighted by atomic mass is 35.5. The van der Waals surface area contributed by atoms with E-state index in [0.717, 1.165) is 5.56 Å². The summed E-state index contributed by atoms with van der Waals surface area (Å²) in [5, 5.41) is 0.668. The summed E-state index contributed by atoms with van der Waals surface area (Å²) in [7, 11) is 0. The SMILES string of the molecule is O=C(c1ccc2[nH]c(=O)[nH]c2c1)N1CCO[C@@H](c2ccc(Cl)cc2)C1. The van der Waals surface area contributed by atoms with Crippen molar-refractivity contribution in [3.05, 3.63) is 69.1 Å². The minimum Gasteiger partial charge on any atom is -0.370 e. The molecule has 1 atom stereocenters. The fraction of sp³-hybridized carbons (Fsp3) is 0.222. The highest BCUT2D eigenvalue weighted by molar-refractivity contribution is 6.30. The molecule has 1 aliphatic rings. The summed E-state index contributed by atoms with van der Waals surface area (Å²) < 4.78 is 5.80. The van der Waals surface area contributed by atoms with Gasteiger partial charge >= 0.3 is 5.69 Å². The van der Waals surface area contributed by atoms with Crippen LogP contribution in [0.25, 0.3) is 11.0 Å². The molecule has 2 N–H and O–H groups in total. The van der Waals surface area contributed by atoms with Crippen LogP contribution in [0.15, 0.2) is 47.3 Å². The van der Waals surface area contributed by atoms with Gasteiger partial charge in [0.25, 0.3) is 5.91 Å². The lowest BCUT2D eigenvalue weighted by Gasteiger charge is -2.33. The van der Waals surface area contributed by atoms with Crippen molar-refractivity contribution < 1.29 is 9.53 Å². The molecule has 25 heavy (non-hydrogen) atoms. The fourth-order valence-electron chi connectivity index (χ4n) is 3.06. The first-order chi connectivity index (χ1) is 12.1. The summed E-state index contributed by atoms with van der Waals surface area (Å²) in [5.74, 6) is -0.0776. The number of ether oxygens (including phenoxy) is 1. The van der Waals surface area contributed by atoms with Gasteiger partial charge < -0.3 is 19.6 Å². The Labute approximate surface area is 148 Å². The number of morpholine rings is 1. The van der Waals surface area contributed by atoms with Crippen LogP contribution >= 0.6 is 11.6 Å². The predicted octanol–water partition coefficient (Wildman–Crippen LogP) is 2.72. The van der Waals surface area contributed by atoms with Crippen LogP contribution in [0.4, 0.5) is 0 Å². The van der Waals surface area contributed by atoms with Crippen molar-refractivity contribution in [3.8, 4) is 0 Å². The lowest BCUT2D eigenvalue weighted by Crippen LogP contribution is -2.42. The summed E-state index contributed by atoms with van der Waals surface area (Å²) in [6.07, 6.45) is -0.175. The summed E-state index contributed by atoms with van der Waals surface area (Å²) in [6.45, 7) is 1.48. The lowest BCUT2D eigenvalue weighted by atomic mass is 10.1. The van der Waals surface area contributed by atoms with Gasteiger partial charge in [-0.25, -0.2) is 4.79 Å². The van der Waals surface area contributed by atoms with Gasteiger partial charge in [-0.05, 0) is 35.9 Å². The van der Waals surface area contributed by atoms with Crippen molar-refractivity contribution in [2.75, 3.05) is 19.7 Å². The Kier molecular flexibility index (Phi) is 4.07. The number of fused-ring (bicyclic) bond motifs is 1. The van der Waals surface area contributed by atoms with E-state index >= 15 is 0 Å². The second kappa shape index (κ2) is 6.38. The van der Waals surface area contributed by atoms with E-state index in [9.17, 15) is 9.59 Å². The number of hydrogen-bond donors (Lipinski definition) is 2. The Bertz CT molecular complexity index is 977. The van der Waals surface area contributed by atoms with E-state index in [4.69, 9.17) is 16.3 Å². The molecule has 128 valence electrons. The topological polar surface area (TPSA) is 78.2 Å². The third kappa shape index (κ3) is 3.18. The third-order valence-electron chi connectivity index (χ3n) is 4.36. The molecule has 0 unspecified atom stereocenters. The van der Waals surface area contributed by atoms with E-state index in [1.54, 1.807) is 23.1 Å². The third-order valence-corrected chi connectivity index (χ3v) is 4.61. The highest BCUT2D eigenvalue weighted by Gasteiger charge is 2.26. The number of carbonyl (C=O) groups is 1. The number of imidazole rings is 1. The molecule has 0 saturated carbocycles. The smallest absolute Gasteiger partial charge is 0.323 e. The van der Waals surface area contributed by atoms with Crippen LogP contribution in [-0.4, -0.2) is 40.5 Å². The number of hydrogen-bond acceptors (Lipinski definition) is 3. The van der Waals surface area contributed by atoms with Crippen molar-refractivity contribution >= 4 is 28.5 Å². The van der Waals surface area contributed by atoms with Gasteiger partial charge in [0.2, 0.25) is 0 Å². The first kappa shape index (κ1) is 15.9. The standard InChI is InChI=1S/C18H16ClN3O3/c19-13-4-1-11(2-5-13)16-10-22(7-8-25-16)17(23)12-3-6-14-15(9-12)21-18(24)20-14/h1-6,9,16H,7-8,10H2,(H2,20,21,24)/t16-/m1/s1. The van der Waals surface area contributed by atoms with Crippen LogP contribution in [0.2, 0.25) is 5.02 Å². The molecular weight excluding hydrogens is 342 g/mol. The number of rotatable bonds is 2. The van der Waals surface area contributed by atoms with E-state index in [-0.39, 0.29) is 17.7 Å². The van der Waals surface area contributed by atoms with Crippen LogP contribution in [-0.2, 0) is 4.74 Å². The van der Waals surface area contributed by atoms with Gasteiger partial charge in [-0.2, -0.15) is 0 Å². The molecule has 2 heterocycles. The van der Waals surface area contributed by atoms with Gasteiger partial charge in [-0.1, -0.05) is 23.7 Å². The molecule has 2 aromatic carbocycles. The Hall–Kier alpha value is -2.57. The van der Waals surface area contributed by atoms with Crippen LogP contribution in [0.1, 0.15) is 22.0 Å². The molecule has 1 aromatic heterocycles. The number of amides is 1. The monoisotopic (exact) mass is 357 g/mol. The molecule has 3 aromatic rings. The predicted molar refractivity (Wildman–Crippen MR) is 95.0 cm³/mol. The summed E-state index contributed by atoms with van der Waals surface area (Å²) >= 11 is 5.93. The summed E-state index contributed by atoms with van der Waals surface area (Å²) in [6, 6.07) is 12.6. The average Bonchev–Trinajstić information content (AvgIpc) is 3.01. The van der Waals surface area contributed by atoms with E-state index < -0.39 is 0 Å². The van der Waals surface area contributed by atoms with Gasteiger partial charge in [-0.15, -0.1) is 0 Å². The minimum atomic E-state index is -0.284. The van der Waals surface area contributed by atoms with E-state index in [2.05, 4.69) is 9.97 Å². The van der Waals surface area contributed by atoms with Crippen molar-refractivity contribution in [2.24, 2.45) is 0 Å². The van der Waals surface area contributed by atoms with Crippen LogP contribution in [0.3, 0.4) is 0 Å². The van der Waals surface area contributed by atoms with Crippen molar-refractivity contribution in [2.45, 2.75) is 6.10 Å². The Balaban J connectivity index is 1.56. The number of carbonyl (C=O) groups excluding carboxylic acids is 1. The Morgan fingerprint density at radius 3 is 2.68 bits per heavy atom. The zero-order valence-corrected chi connectivity index (χ0v) is 14.0. The van der Waals surface area contributed by atoms with Crippen molar-refractivity contribution in [3.63, 3.8) is 0 Å². The minimum absolute atomic E-state index is 0.0776. The number of nitrogens with zero attached hydrogens (tertiary/aromatic N) is 1. The quantitative estimate of drug-likeness (QED) is 0.740. The molecule has 6 nitrogen and oxygen atoms in total. The van der Waals surface area contributed by atoms with Gasteiger partial charge in [0.15, 0.2) is 0 Å². The molecule has 0 spiro atoms. The number of nitrogens with one attached hydrogen (secondary N) is 2. The largest absolute Gasteiger partial charge is 0.370 e. The van der Waals surface area contributed by atoms with Gasteiger partial charge in [0, 0.05) is 17.1 Å². The first-order valence-electron chi connectivity index (χ1n) is 7.98. The van der Waals surface area contributed by atoms with Crippen LogP contribution in [0.5, 0.6) is 0 Å². The summed E-state index contributed by atoms with van der Waals surface area (Å²) in [5.41, 5.74) is 2.56. The second-order valence-electron chi connectivity index (χ2n) is 6.00. The molecule has 4 rings (SSSR count). The molecule has 0 bridgehead atoms. The maximum Gasteiger partial charge on any atom is 0.323 e. The average molecular weight is 358 g/mol. The molecule has 1 saturated heterocycles. The maximum absolute atomic E-state index is 12.8. The van der Waals surface area contributed by atoms with Crippen molar-refractivity contribution in [1.29, 1.82) is 0 Å². The van der Waals surface area contributed by atoms with Gasteiger partial charge in [0.05, 0.1) is 24.2 Å². The molecule has 1 fully saturated rings. The number of halogens is 1. The highest BCUT2D eigenvalue weighted by Crippen LogP contribution is 2.25. The maximum atomic E-state index is 12.8. The summed E-state index contributed by atoms with van der Waals surface area (Å²) in [4.78, 5) is 31.3. The molecule has 7 heteroatoms. The number of H-pyrrole nitrogens is 2. The zero-order valence-electron chi connectivity index (χ0n) is 13.3. The Morgan fingerprint density at radius 2 is 1.88 bits per heavy atom. The van der Waals surface area contributed by atoms with Crippen LogP contribution < -0.4 is 5.69 Å². The molecule has 1 amide bonds. The zero-order chi connectivity index (χ0) is 17.4. The van der Waals surface area contributed by atoms with Gasteiger partial charge in [-0.3, -0.25) is 4.79 Å². The number of benzene rings is 2. The number of aromatic nitrogens is 2. The van der Waals surface area contributed by atoms with Gasteiger partial charge in [0.1, 0.15) is 6.10 Å². The Morgan fingerprint density at radius 1 is 1.12 bits per heavy atom. The van der Waals surface area contributed by atoms with E-state index in [1.807, 2.05) is 24.3 Å². The first-order valence-corrected chi connectivity index (χ1v) is 8.36. The van der Waals surface area contributed by atoms with Crippen LogP contribution in [0, 0.1) is 0 Å². The number of aromatic amines is 2. The normalized spacial score (nSPS) is 17.8. The van der Waals surface area contributed by atoms with Crippen molar-refractivity contribution in [1.82, 2.24) is 14.9 Å².